The summed E-state index contributed by atoms with van der Waals surface area (Å²) in [6, 6.07) is 3.71. The molecule has 5 rings (SSSR count). The molecule has 0 amide bonds. The highest BCUT2D eigenvalue weighted by Gasteiger charge is 2.21. The highest BCUT2D eigenvalue weighted by atomic mass is 35.5. The van der Waals surface area contributed by atoms with Crippen molar-refractivity contribution in [3.63, 3.8) is 0 Å². The van der Waals surface area contributed by atoms with E-state index >= 15 is 0 Å². The minimum Gasteiger partial charge on any atom is -0.467 e. The molecule has 2 aromatic heterocycles. The lowest BCUT2D eigenvalue weighted by molar-refractivity contribution is -0.0170. The minimum atomic E-state index is 0.0279. The Bertz CT molecular complexity index is 1090. The predicted molar refractivity (Wildman–Crippen MR) is 106 cm³/mol. The summed E-state index contributed by atoms with van der Waals surface area (Å²) in [7, 11) is 0. The standard InChI is InChI=1S/C20H19ClN2O3S/c21-14-6-12(18-13(7-14)9-25-11-26-18)8-23-10-22-19-17(20(23)24)15-4-2-1-3-5-16(15)27-19/h6-7,10H,1-5,8-9,11H2. The van der Waals surface area contributed by atoms with Crippen molar-refractivity contribution in [3.8, 4) is 5.75 Å². The number of thiophene rings is 1. The third-order valence-corrected chi connectivity index (χ3v) is 6.70. The quantitative estimate of drug-likeness (QED) is 0.600. The summed E-state index contributed by atoms with van der Waals surface area (Å²) in [5.41, 5.74) is 3.04. The molecule has 0 fully saturated rings. The molecule has 1 aliphatic heterocycles. The van der Waals surface area contributed by atoms with E-state index < -0.39 is 0 Å². The summed E-state index contributed by atoms with van der Waals surface area (Å²) in [6.45, 7) is 1.06. The molecule has 5 nitrogen and oxygen atoms in total. The molecule has 3 aromatic rings. The number of hydrogen-bond acceptors (Lipinski definition) is 5. The van der Waals surface area contributed by atoms with Crippen LogP contribution in [0.5, 0.6) is 5.75 Å². The van der Waals surface area contributed by atoms with Crippen molar-refractivity contribution in [1.29, 1.82) is 0 Å². The Kier molecular flexibility index (Phi) is 4.42. The van der Waals surface area contributed by atoms with E-state index in [-0.39, 0.29) is 12.4 Å². The summed E-state index contributed by atoms with van der Waals surface area (Å²) in [4.78, 5) is 20.1. The zero-order valence-electron chi connectivity index (χ0n) is 14.8. The number of nitrogens with zero attached hydrogens (tertiary/aromatic N) is 2. The van der Waals surface area contributed by atoms with E-state index in [1.54, 1.807) is 22.2 Å². The zero-order chi connectivity index (χ0) is 18.4. The third kappa shape index (κ3) is 3.06. The van der Waals surface area contributed by atoms with Crippen molar-refractivity contribution in [3.05, 3.63) is 55.4 Å². The van der Waals surface area contributed by atoms with E-state index in [4.69, 9.17) is 21.1 Å². The Labute approximate surface area is 165 Å². The van der Waals surface area contributed by atoms with Gasteiger partial charge in [0.1, 0.15) is 10.6 Å². The van der Waals surface area contributed by atoms with Gasteiger partial charge in [-0.2, -0.15) is 0 Å². The minimum absolute atomic E-state index is 0.0279. The fourth-order valence-corrected chi connectivity index (χ4v) is 5.51. The molecular formula is C20H19ClN2O3S. The fraction of sp³-hybridized carbons (Fsp3) is 0.400. The second-order valence-electron chi connectivity index (χ2n) is 7.09. The van der Waals surface area contributed by atoms with E-state index in [0.717, 1.165) is 46.4 Å². The summed E-state index contributed by atoms with van der Waals surface area (Å²) in [5, 5.41) is 1.42. The highest BCUT2D eigenvalue weighted by Crippen LogP contribution is 2.34. The lowest BCUT2D eigenvalue weighted by Crippen LogP contribution is -2.22. The van der Waals surface area contributed by atoms with Crippen LogP contribution in [0, 0.1) is 0 Å². The first kappa shape index (κ1) is 17.2. The predicted octanol–water partition coefficient (Wildman–Crippen LogP) is 4.30. The number of ether oxygens (including phenoxy) is 2. The number of fused-ring (bicyclic) bond motifs is 4. The molecule has 0 atom stereocenters. The van der Waals surface area contributed by atoms with Crippen LogP contribution in [0.25, 0.3) is 10.2 Å². The average Bonchev–Trinajstić information content (AvgIpc) is 2.86. The number of aromatic nitrogens is 2. The number of benzene rings is 1. The molecule has 0 saturated heterocycles. The van der Waals surface area contributed by atoms with Gasteiger partial charge in [0.2, 0.25) is 0 Å². The molecular weight excluding hydrogens is 384 g/mol. The summed E-state index contributed by atoms with van der Waals surface area (Å²) < 4.78 is 12.7. The van der Waals surface area contributed by atoms with Gasteiger partial charge >= 0.3 is 0 Å². The Morgan fingerprint density at radius 2 is 2.11 bits per heavy atom. The molecule has 1 aromatic carbocycles. The number of halogens is 1. The van der Waals surface area contributed by atoms with Crippen molar-refractivity contribution in [1.82, 2.24) is 9.55 Å². The second kappa shape index (κ2) is 6.93. The highest BCUT2D eigenvalue weighted by molar-refractivity contribution is 7.18. The third-order valence-electron chi connectivity index (χ3n) is 5.28. The molecule has 7 heteroatoms. The van der Waals surface area contributed by atoms with Crippen LogP contribution < -0.4 is 10.3 Å². The largest absolute Gasteiger partial charge is 0.467 e. The van der Waals surface area contributed by atoms with E-state index in [1.807, 2.05) is 12.1 Å². The van der Waals surface area contributed by atoms with Gasteiger partial charge in [-0.1, -0.05) is 18.0 Å². The lowest BCUT2D eigenvalue weighted by Gasteiger charge is -2.21. The van der Waals surface area contributed by atoms with Gasteiger partial charge in [0, 0.05) is 21.0 Å². The molecule has 0 saturated carbocycles. The van der Waals surface area contributed by atoms with Gasteiger partial charge in [-0.3, -0.25) is 9.36 Å². The Morgan fingerprint density at radius 3 is 3.04 bits per heavy atom. The summed E-state index contributed by atoms with van der Waals surface area (Å²) in [5.74, 6) is 0.766. The van der Waals surface area contributed by atoms with E-state index in [1.165, 1.54) is 23.3 Å². The van der Waals surface area contributed by atoms with Gasteiger partial charge in [0.05, 0.1) is 24.9 Å². The van der Waals surface area contributed by atoms with Crippen LogP contribution in [0.2, 0.25) is 5.02 Å². The SMILES string of the molecule is O=c1c2c3c(sc2ncn1Cc1cc(Cl)cc2c1OCOC2)CCCCC3. The maximum atomic E-state index is 13.3. The lowest BCUT2D eigenvalue weighted by atomic mass is 10.1. The Balaban J connectivity index is 1.61. The molecule has 0 unspecified atom stereocenters. The topological polar surface area (TPSA) is 53.4 Å². The van der Waals surface area contributed by atoms with Crippen molar-refractivity contribution in [2.24, 2.45) is 0 Å². The van der Waals surface area contributed by atoms with Crippen molar-refractivity contribution >= 4 is 33.2 Å². The normalized spacial score (nSPS) is 16.5. The van der Waals surface area contributed by atoms with Crippen LogP contribution in [0.15, 0.2) is 23.3 Å². The van der Waals surface area contributed by atoms with Gasteiger partial charge in [-0.05, 0) is 43.4 Å². The van der Waals surface area contributed by atoms with Gasteiger partial charge in [-0.25, -0.2) is 4.98 Å². The first-order chi connectivity index (χ1) is 13.2. The molecule has 0 N–H and O–H groups in total. The Morgan fingerprint density at radius 1 is 1.22 bits per heavy atom. The maximum Gasteiger partial charge on any atom is 0.262 e. The van der Waals surface area contributed by atoms with Crippen molar-refractivity contribution in [2.45, 2.75) is 45.3 Å². The molecule has 0 radical (unpaired) electrons. The van der Waals surface area contributed by atoms with Crippen molar-refractivity contribution in [2.75, 3.05) is 6.79 Å². The van der Waals surface area contributed by atoms with Gasteiger partial charge in [0.25, 0.3) is 5.56 Å². The van der Waals surface area contributed by atoms with Crippen molar-refractivity contribution < 1.29 is 9.47 Å². The van der Waals surface area contributed by atoms with E-state index in [0.29, 0.717) is 18.2 Å². The van der Waals surface area contributed by atoms with E-state index in [2.05, 4.69) is 4.98 Å². The molecule has 0 bridgehead atoms. The van der Waals surface area contributed by atoms with Crippen LogP contribution in [0.3, 0.4) is 0 Å². The van der Waals surface area contributed by atoms with Gasteiger partial charge < -0.3 is 9.47 Å². The Hall–Kier alpha value is -1.89. The number of hydrogen-bond donors (Lipinski definition) is 0. The van der Waals surface area contributed by atoms with Crippen LogP contribution in [-0.4, -0.2) is 16.3 Å². The summed E-state index contributed by atoms with van der Waals surface area (Å²) in [6.07, 6.45) is 7.25. The number of aryl methyl sites for hydroxylation is 2. The van der Waals surface area contributed by atoms with Gasteiger partial charge in [-0.15, -0.1) is 11.3 Å². The molecule has 0 spiro atoms. The summed E-state index contributed by atoms with van der Waals surface area (Å²) >= 11 is 7.95. The van der Waals surface area contributed by atoms with Gasteiger partial charge in [0.15, 0.2) is 6.79 Å². The van der Waals surface area contributed by atoms with Crippen LogP contribution in [-0.2, 0) is 30.7 Å². The smallest absolute Gasteiger partial charge is 0.262 e. The molecule has 3 heterocycles. The average molecular weight is 403 g/mol. The monoisotopic (exact) mass is 402 g/mol. The van der Waals surface area contributed by atoms with Crippen LogP contribution in [0.4, 0.5) is 0 Å². The fourth-order valence-electron chi connectivity index (χ4n) is 4.03. The number of rotatable bonds is 2. The van der Waals surface area contributed by atoms with Crippen LogP contribution in [0.1, 0.15) is 40.8 Å². The molecule has 2 aliphatic rings. The molecule has 140 valence electrons. The maximum absolute atomic E-state index is 13.3. The first-order valence-corrected chi connectivity index (χ1v) is 10.4. The van der Waals surface area contributed by atoms with Crippen LogP contribution >= 0.6 is 22.9 Å². The molecule has 1 aliphatic carbocycles. The second-order valence-corrected chi connectivity index (χ2v) is 8.61. The zero-order valence-corrected chi connectivity index (χ0v) is 16.4. The first-order valence-electron chi connectivity index (χ1n) is 9.22. The molecule has 27 heavy (non-hydrogen) atoms. The van der Waals surface area contributed by atoms with E-state index in [9.17, 15) is 4.79 Å².